The minimum atomic E-state index is -0.543. The van der Waals surface area contributed by atoms with E-state index in [0.29, 0.717) is 13.0 Å². The van der Waals surface area contributed by atoms with Crippen LogP contribution in [0.15, 0.2) is 35.9 Å². The van der Waals surface area contributed by atoms with Crippen molar-refractivity contribution in [3.05, 3.63) is 41.5 Å². The molecule has 1 saturated heterocycles. The molecule has 1 aliphatic heterocycles. The number of methoxy groups -OCH3 is 1. The third kappa shape index (κ3) is 4.45. The van der Waals surface area contributed by atoms with Crippen molar-refractivity contribution in [3.8, 4) is 17.6 Å². The highest BCUT2D eigenvalue weighted by atomic mass is 16.7. The molecule has 4 nitrogen and oxygen atoms in total. The molecule has 0 unspecified atom stereocenters. The van der Waals surface area contributed by atoms with E-state index in [0.717, 1.165) is 16.9 Å². The van der Waals surface area contributed by atoms with Gasteiger partial charge in [0.05, 0.1) is 13.7 Å². The zero-order valence-electron chi connectivity index (χ0n) is 13.1. The smallest absolute Gasteiger partial charge is 0.234 e. The highest BCUT2D eigenvalue weighted by Gasteiger charge is 2.28. The van der Waals surface area contributed by atoms with E-state index in [9.17, 15) is 4.79 Å². The first-order valence-corrected chi connectivity index (χ1v) is 7.20. The molecule has 0 amide bonds. The summed E-state index contributed by atoms with van der Waals surface area (Å²) in [5.41, 5.74) is 1.92. The lowest BCUT2D eigenvalue weighted by atomic mass is 10.1. The predicted molar refractivity (Wildman–Crippen MR) is 83.4 cm³/mol. The molecule has 2 rings (SSSR count). The number of carbonyl (C=O) groups excluding carboxylic acids is 1. The van der Waals surface area contributed by atoms with Gasteiger partial charge < -0.3 is 14.2 Å². The minimum Gasteiger partial charge on any atom is -0.497 e. The number of benzene rings is 1. The van der Waals surface area contributed by atoms with E-state index in [2.05, 4.69) is 11.8 Å². The summed E-state index contributed by atoms with van der Waals surface area (Å²) >= 11 is 0. The Balaban J connectivity index is 2.02. The number of ether oxygens (including phenoxy) is 3. The van der Waals surface area contributed by atoms with Crippen molar-refractivity contribution in [1.29, 1.82) is 0 Å². The van der Waals surface area contributed by atoms with Gasteiger partial charge in [-0.2, -0.15) is 0 Å². The van der Waals surface area contributed by atoms with Gasteiger partial charge in [-0.25, -0.2) is 0 Å². The van der Waals surface area contributed by atoms with Crippen LogP contribution in [0.4, 0.5) is 0 Å². The van der Waals surface area contributed by atoms with Gasteiger partial charge in [0.2, 0.25) is 5.78 Å². The number of ketones is 1. The molecule has 0 saturated carbocycles. The van der Waals surface area contributed by atoms with Crippen LogP contribution in [-0.2, 0) is 14.3 Å². The number of hydrogen-bond donors (Lipinski definition) is 0. The van der Waals surface area contributed by atoms with E-state index < -0.39 is 12.4 Å². The van der Waals surface area contributed by atoms with E-state index in [1.54, 1.807) is 13.2 Å². The summed E-state index contributed by atoms with van der Waals surface area (Å²) in [5, 5.41) is 0. The van der Waals surface area contributed by atoms with E-state index in [4.69, 9.17) is 14.2 Å². The lowest BCUT2D eigenvalue weighted by Crippen LogP contribution is -2.32. The highest BCUT2D eigenvalue weighted by molar-refractivity contribution is 5.99. The molecule has 1 aromatic carbocycles. The van der Waals surface area contributed by atoms with Crippen LogP contribution in [0.1, 0.15) is 32.1 Å². The zero-order valence-corrected chi connectivity index (χ0v) is 13.1. The topological polar surface area (TPSA) is 44.8 Å². The van der Waals surface area contributed by atoms with Crippen LogP contribution in [0.25, 0.3) is 0 Å². The molecule has 4 heteroatoms. The number of Topliss-reactive ketones (excluding diaryl/α,β-unsaturated/α-hetero) is 1. The van der Waals surface area contributed by atoms with E-state index in [1.807, 2.05) is 38.1 Å². The Labute approximate surface area is 131 Å². The molecule has 116 valence electrons. The molecule has 22 heavy (non-hydrogen) atoms. The van der Waals surface area contributed by atoms with Gasteiger partial charge in [-0.3, -0.25) is 4.79 Å². The Bertz CT molecular complexity index is 600. The van der Waals surface area contributed by atoms with Crippen LogP contribution in [-0.4, -0.2) is 25.6 Å². The van der Waals surface area contributed by atoms with Crippen molar-refractivity contribution in [2.24, 2.45) is 0 Å². The summed E-state index contributed by atoms with van der Waals surface area (Å²) in [6.45, 7) is 4.34. The van der Waals surface area contributed by atoms with Gasteiger partial charge in [-0.05, 0) is 38.0 Å². The van der Waals surface area contributed by atoms with Crippen LogP contribution in [0.5, 0.6) is 5.75 Å². The summed E-state index contributed by atoms with van der Waals surface area (Å²) in [4.78, 5) is 12.1. The first kappa shape index (κ1) is 16.3. The van der Waals surface area contributed by atoms with Gasteiger partial charge in [-0.15, -0.1) is 0 Å². The van der Waals surface area contributed by atoms with Crippen molar-refractivity contribution in [2.45, 2.75) is 32.7 Å². The summed E-state index contributed by atoms with van der Waals surface area (Å²) in [7, 11) is 1.61. The van der Waals surface area contributed by atoms with Gasteiger partial charge in [0.25, 0.3) is 0 Å². The van der Waals surface area contributed by atoms with Gasteiger partial charge in [0.1, 0.15) is 11.9 Å². The molecular formula is C18H20O4. The van der Waals surface area contributed by atoms with Crippen molar-refractivity contribution in [3.63, 3.8) is 0 Å². The lowest BCUT2D eigenvalue weighted by Gasteiger charge is -2.28. The molecule has 1 aromatic rings. The number of carbonyl (C=O) groups is 1. The Morgan fingerprint density at radius 1 is 1.32 bits per heavy atom. The Morgan fingerprint density at radius 2 is 2.05 bits per heavy atom. The van der Waals surface area contributed by atoms with Crippen LogP contribution in [0, 0.1) is 11.8 Å². The minimum absolute atomic E-state index is 0.209. The van der Waals surface area contributed by atoms with Crippen molar-refractivity contribution in [2.75, 3.05) is 13.7 Å². The third-order valence-corrected chi connectivity index (χ3v) is 3.17. The molecule has 0 bridgehead atoms. The molecule has 1 fully saturated rings. The maximum absolute atomic E-state index is 12.1. The van der Waals surface area contributed by atoms with Crippen LogP contribution < -0.4 is 4.74 Å². The standard InChI is InChI=1S/C18H20O4/c1-13(2)5-4-6-16(19)17-11-12-21-18(22-17)14-7-9-15(20-3)10-8-14/h5,7-10,17-18H,11-12H2,1-3H3/t17-,18-/m0/s1. The molecule has 0 N–H and O–H groups in total. The zero-order chi connectivity index (χ0) is 15.9. The Hall–Kier alpha value is -2.09. The second kappa shape index (κ2) is 7.79. The Morgan fingerprint density at radius 3 is 2.68 bits per heavy atom. The summed E-state index contributed by atoms with van der Waals surface area (Å²) in [5.74, 6) is 5.92. The van der Waals surface area contributed by atoms with Crippen molar-refractivity contribution >= 4 is 5.78 Å². The fourth-order valence-corrected chi connectivity index (χ4v) is 2.00. The van der Waals surface area contributed by atoms with Crippen molar-refractivity contribution in [1.82, 2.24) is 0 Å². The lowest BCUT2D eigenvalue weighted by molar-refractivity contribution is -0.213. The number of hydrogen-bond acceptors (Lipinski definition) is 4. The molecule has 0 aliphatic carbocycles. The summed E-state index contributed by atoms with van der Waals surface area (Å²) in [6.07, 6.45) is 1.16. The predicted octanol–water partition coefficient (Wildman–Crippen LogP) is 3.04. The second-order valence-corrected chi connectivity index (χ2v) is 5.24. The van der Waals surface area contributed by atoms with Crippen LogP contribution in [0.2, 0.25) is 0 Å². The van der Waals surface area contributed by atoms with Crippen LogP contribution in [0.3, 0.4) is 0 Å². The maximum atomic E-state index is 12.1. The van der Waals surface area contributed by atoms with Gasteiger partial charge in [-0.1, -0.05) is 23.6 Å². The summed E-state index contributed by atoms with van der Waals surface area (Å²) in [6, 6.07) is 7.40. The first-order chi connectivity index (χ1) is 10.6. The van der Waals surface area contributed by atoms with E-state index in [1.165, 1.54) is 0 Å². The molecule has 0 radical (unpaired) electrons. The van der Waals surface area contributed by atoms with Gasteiger partial charge >= 0.3 is 0 Å². The fraction of sp³-hybridized carbons (Fsp3) is 0.389. The molecule has 0 aromatic heterocycles. The number of allylic oxidation sites excluding steroid dienone is 2. The highest BCUT2D eigenvalue weighted by Crippen LogP contribution is 2.27. The van der Waals surface area contributed by atoms with Gasteiger partial charge in [0, 0.05) is 12.0 Å². The first-order valence-electron chi connectivity index (χ1n) is 7.20. The largest absolute Gasteiger partial charge is 0.497 e. The van der Waals surface area contributed by atoms with E-state index >= 15 is 0 Å². The average molecular weight is 300 g/mol. The maximum Gasteiger partial charge on any atom is 0.234 e. The molecular weight excluding hydrogens is 280 g/mol. The molecule has 1 aliphatic rings. The SMILES string of the molecule is COc1ccc([C@H]2OCC[C@@H](C(=O)C#CC=C(C)C)O2)cc1. The van der Waals surface area contributed by atoms with E-state index in [-0.39, 0.29) is 5.78 Å². The fourth-order valence-electron chi connectivity index (χ4n) is 2.00. The third-order valence-electron chi connectivity index (χ3n) is 3.17. The normalized spacial score (nSPS) is 20.5. The monoisotopic (exact) mass is 300 g/mol. The molecule has 0 spiro atoms. The molecule has 1 heterocycles. The van der Waals surface area contributed by atoms with Gasteiger partial charge in [0.15, 0.2) is 6.29 Å². The summed E-state index contributed by atoms with van der Waals surface area (Å²) < 4.78 is 16.4. The molecule has 2 atom stereocenters. The quantitative estimate of drug-likeness (QED) is 0.636. The van der Waals surface area contributed by atoms with Crippen LogP contribution >= 0.6 is 0 Å². The van der Waals surface area contributed by atoms with Crippen molar-refractivity contribution < 1.29 is 19.0 Å². The second-order valence-electron chi connectivity index (χ2n) is 5.24. The number of rotatable bonds is 3. The average Bonchev–Trinajstić information content (AvgIpc) is 2.54. The Kier molecular flexibility index (Phi) is 5.76.